The molecule has 0 saturated carbocycles. The summed E-state index contributed by atoms with van der Waals surface area (Å²) in [7, 11) is -4.65. The van der Waals surface area contributed by atoms with Crippen LogP contribution in [0.3, 0.4) is 0 Å². The van der Waals surface area contributed by atoms with Crippen molar-refractivity contribution in [3.8, 4) is 0 Å². The van der Waals surface area contributed by atoms with Gasteiger partial charge in [0.15, 0.2) is 6.10 Å². The zero-order valence-electron chi connectivity index (χ0n) is 37.2. The lowest BCUT2D eigenvalue weighted by atomic mass is 9.99. The monoisotopic (exact) mass is 857 g/mol. The third kappa shape index (κ3) is 41.0. The summed E-state index contributed by atoms with van der Waals surface area (Å²) in [5.41, 5.74) is 0. The Balaban J connectivity index is 4.38. The van der Waals surface area contributed by atoms with Crippen LogP contribution in [-0.2, 0) is 32.7 Å². The quantitative estimate of drug-likeness (QED) is 0.0151. The number of hydrogen-bond acceptors (Lipinski definition) is 10. The zero-order valence-corrected chi connectivity index (χ0v) is 38.1. The van der Waals surface area contributed by atoms with Crippen molar-refractivity contribution in [3.63, 3.8) is 0 Å². The number of esters is 2. The number of carbonyl (C=O) groups is 2. The number of rotatable bonds is 42. The maximum absolute atomic E-state index is 12.6. The van der Waals surface area contributed by atoms with Crippen molar-refractivity contribution in [2.45, 2.75) is 206 Å². The van der Waals surface area contributed by atoms with Crippen LogP contribution in [0.25, 0.3) is 0 Å². The molecule has 0 bridgehead atoms. The standard InChI is InChI=1S/C47H85O11P/c1-4-6-28-34-43(49)35-30-25-21-17-13-11-15-19-23-27-32-37-47(52)58-45(41-57-59(53,54)56-39-44(50)38-48)40-55-46(51)36-31-26-22-18-14-10-8-7-9-12-16-20-24-29-33-42(3)5-2/h11,13,19,21,23,25,30,35,42-45,48-50H,4-10,12,14-18,20,22,24,26-29,31-34,36-41H2,1-3H3,(H,53,54)/b13-11-,23-19-,25-21-,35-30+/t42?,43-,44-,45+/m0/s1. The Morgan fingerprint density at radius 2 is 1.17 bits per heavy atom. The second kappa shape index (κ2) is 41.3. The van der Waals surface area contributed by atoms with E-state index in [-0.39, 0.29) is 19.4 Å². The van der Waals surface area contributed by atoms with Gasteiger partial charge in [0.2, 0.25) is 0 Å². The Kier molecular flexibility index (Phi) is 39.8. The minimum atomic E-state index is -4.65. The maximum Gasteiger partial charge on any atom is 0.472 e. The highest BCUT2D eigenvalue weighted by atomic mass is 31.2. The highest BCUT2D eigenvalue weighted by molar-refractivity contribution is 7.47. The van der Waals surface area contributed by atoms with Crippen molar-refractivity contribution in [2.75, 3.05) is 26.4 Å². The third-order valence-corrected chi connectivity index (χ3v) is 11.1. The molecule has 344 valence electrons. The smallest absolute Gasteiger partial charge is 0.462 e. The number of hydrogen-bond donors (Lipinski definition) is 4. The molecule has 59 heavy (non-hydrogen) atoms. The molecule has 4 N–H and O–H groups in total. The minimum Gasteiger partial charge on any atom is -0.462 e. The average Bonchev–Trinajstić information content (AvgIpc) is 3.22. The van der Waals surface area contributed by atoms with Crippen LogP contribution >= 0.6 is 7.82 Å². The van der Waals surface area contributed by atoms with E-state index in [1.54, 1.807) is 0 Å². The number of ether oxygens (including phenoxy) is 2. The van der Waals surface area contributed by atoms with Crippen molar-refractivity contribution in [2.24, 2.45) is 5.92 Å². The van der Waals surface area contributed by atoms with E-state index in [1.807, 2.05) is 36.5 Å². The predicted octanol–water partition coefficient (Wildman–Crippen LogP) is 11.3. The van der Waals surface area contributed by atoms with Gasteiger partial charge in [0.1, 0.15) is 12.7 Å². The van der Waals surface area contributed by atoms with E-state index >= 15 is 0 Å². The van der Waals surface area contributed by atoms with Crippen LogP contribution in [0.5, 0.6) is 0 Å². The fourth-order valence-electron chi connectivity index (χ4n) is 6.13. The first-order chi connectivity index (χ1) is 28.5. The van der Waals surface area contributed by atoms with Gasteiger partial charge in [-0.25, -0.2) is 4.57 Å². The van der Waals surface area contributed by atoms with Gasteiger partial charge in [-0.3, -0.25) is 18.6 Å². The van der Waals surface area contributed by atoms with E-state index in [9.17, 15) is 29.3 Å². The van der Waals surface area contributed by atoms with Crippen LogP contribution in [0.15, 0.2) is 48.6 Å². The van der Waals surface area contributed by atoms with E-state index in [2.05, 4.69) is 37.4 Å². The molecule has 0 radical (unpaired) electrons. The number of phosphoric ester groups is 1. The highest BCUT2D eigenvalue weighted by Crippen LogP contribution is 2.43. The summed E-state index contributed by atoms with van der Waals surface area (Å²) in [4.78, 5) is 35.0. The molecule has 0 rings (SSSR count). The lowest BCUT2D eigenvalue weighted by Crippen LogP contribution is -2.29. The predicted molar refractivity (Wildman–Crippen MR) is 239 cm³/mol. The van der Waals surface area contributed by atoms with Crippen LogP contribution < -0.4 is 0 Å². The number of aliphatic hydroxyl groups is 3. The highest BCUT2D eigenvalue weighted by Gasteiger charge is 2.27. The largest absolute Gasteiger partial charge is 0.472 e. The molecule has 0 spiro atoms. The SMILES string of the molecule is CCCCC[C@H](O)/C=C/C=C\C/C=C\C/C=C\CCCC(=O)O[C@H](COC(=O)CCCCCCCCCCCCCCCCC(C)CC)COP(=O)(O)OC[C@@H](O)CO. The van der Waals surface area contributed by atoms with Gasteiger partial charge in [-0.05, 0) is 44.4 Å². The van der Waals surface area contributed by atoms with Crippen molar-refractivity contribution in [1.29, 1.82) is 0 Å². The minimum absolute atomic E-state index is 0.0883. The zero-order chi connectivity index (χ0) is 43.7. The van der Waals surface area contributed by atoms with Gasteiger partial charge in [-0.2, -0.15) is 0 Å². The summed E-state index contributed by atoms with van der Waals surface area (Å²) in [6, 6.07) is 0. The van der Waals surface area contributed by atoms with Gasteiger partial charge in [0.05, 0.1) is 25.9 Å². The molecule has 0 heterocycles. The molecule has 0 aliphatic rings. The molecule has 0 aliphatic carbocycles. The Morgan fingerprint density at radius 3 is 1.78 bits per heavy atom. The van der Waals surface area contributed by atoms with E-state index in [0.717, 1.165) is 63.7 Å². The molecule has 11 nitrogen and oxygen atoms in total. The summed E-state index contributed by atoms with van der Waals surface area (Å²) in [6.45, 7) is 4.56. The Labute approximate surface area is 358 Å². The molecule has 5 atom stereocenters. The molecular formula is C47H85O11P. The maximum atomic E-state index is 12.6. The third-order valence-electron chi connectivity index (χ3n) is 10.1. The summed E-state index contributed by atoms with van der Waals surface area (Å²) in [6.07, 6.45) is 39.7. The lowest BCUT2D eigenvalue weighted by molar-refractivity contribution is -0.161. The van der Waals surface area contributed by atoms with Gasteiger partial charge >= 0.3 is 19.8 Å². The molecule has 12 heteroatoms. The molecule has 0 aromatic rings. The number of phosphoric acid groups is 1. The summed E-state index contributed by atoms with van der Waals surface area (Å²) in [5.74, 6) is -0.145. The van der Waals surface area contributed by atoms with Gasteiger partial charge in [-0.1, -0.05) is 185 Å². The first kappa shape index (κ1) is 56.9. The topological polar surface area (TPSA) is 169 Å². The molecular weight excluding hydrogens is 771 g/mol. The molecule has 0 aliphatic heterocycles. The number of aliphatic hydroxyl groups excluding tert-OH is 3. The van der Waals surface area contributed by atoms with Crippen LogP contribution in [0.2, 0.25) is 0 Å². The first-order valence-corrected chi connectivity index (χ1v) is 24.6. The first-order valence-electron chi connectivity index (χ1n) is 23.1. The van der Waals surface area contributed by atoms with Gasteiger partial charge in [0.25, 0.3) is 0 Å². The second-order valence-corrected chi connectivity index (χ2v) is 17.3. The molecule has 0 fully saturated rings. The van der Waals surface area contributed by atoms with Crippen molar-refractivity contribution >= 4 is 19.8 Å². The van der Waals surface area contributed by atoms with Gasteiger partial charge in [0, 0.05) is 12.8 Å². The van der Waals surface area contributed by atoms with Crippen LogP contribution in [0.4, 0.5) is 0 Å². The normalized spacial score (nSPS) is 15.3. The van der Waals surface area contributed by atoms with Crippen molar-refractivity contribution < 1.29 is 52.9 Å². The lowest BCUT2D eigenvalue weighted by Gasteiger charge is -2.20. The number of allylic oxidation sites excluding steroid dienone is 7. The van der Waals surface area contributed by atoms with Gasteiger partial charge in [-0.15, -0.1) is 0 Å². The number of carbonyl (C=O) groups excluding carboxylic acids is 2. The summed E-state index contributed by atoms with van der Waals surface area (Å²) >= 11 is 0. The van der Waals surface area contributed by atoms with Gasteiger partial charge < -0.3 is 29.7 Å². The van der Waals surface area contributed by atoms with Crippen molar-refractivity contribution in [3.05, 3.63) is 48.6 Å². The Morgan fingerprint density at radius 1 is 0.627 bits per heavy atom. The second-order valence-electron chi connectivity index (χ2n) is 15.9. The van der Waals surface area contributed by atoms with E-state index in [0.29, 0.717) is 19.3 Å². The molecule has 0 amide bonds. The Bertz CT molecular complexity index is 1150. The molecule has 0 aromatic heterocycles. The summed E-state index contributed by atoms with van der Waals surface area (Å²) in [5, 5.41) is 28.2. The molecule has 0 saturated heterocycles. The Hall–Kier alpha value is -2.11. The summed E-state index contributed by atoms with van der Waals surface area (Å²) < 4.78 is 32.7. The van der Waals surface area contributed by atoms with Crippen molar-refractivity contribution in [1.82, 2.24) is 0 Å². The van der Waals surface area contributed by atoms with E-state index in [4.69, 9.17) is 19.1 Å². The fourth-order valence-corrected chi connectivity index (χ4v) is 6.92. The average molecular weight is 857 g/mol. The van der Waals surface area contributed by atoms with Crippen LogP contribution in [0, 0.1) is 5.92 Å². The fraction of sp³-hybridized carbons (Fsp3) is 0.787. The number of unbranched alkanes of at least 4 members (excludes halogenated alkanes) is 16. The van der Waals surface area contributed by atoms with Crippen LogP contribution in [0.1, 0.15) is 188 Å². The van der Waals surface area contributed by atoms with E-state index in [1.165, 1.54) is 77.0 Å². The molecule has 0 aromatic carbocycles. The van der Waals surface area contributed by atoms with Crippen LogP contribution in [-0.4, -0.2) is 76.9 Å². The van der Waals surface area contributed by atoms with E-state index < -0.39 is 57.9 Å². The molecule has 2 unspecified atom stereocenters.